The van der Waals surface area contributed by atoms with Crippen molar-refractivity contribution >= 4 is 17.8 Å². The SMILES string of the molecule is CC#CCn1c(N2CCN(C(C)(C)C)CC2)nc(C(O)C(N)=O)c1C(=O)OC. The summed E-state index contributed by atoms with van der Waals surface area (Å²) < 4.78 is 6.43. The lowest BCUT2D eigenvalue weighted by atomic mass is 10.1. The molecule has 1 aromatic rings. The summed E-state index contributed by atoms with van der Waals surface area (Å²) in [4.78, 5) is 32.7. The highest BCUT2D eigenvalue weighted by Crippen LogP contribution is 2.27. The summed E-state index contributed by atoms with van der Waals surface area (Å²) in [6, 6.07) is 0. The minimum Gasteiger partial charge on any atom is -0.464 e. The van der Waals surface area contributed by atoms with E-state index in [0.29, 0.717) is 19.0 Å². The molecular weight excluding hydrogens is 362 g/mol. The second-order valence-corrected chi connectivity index (χ2v) is 7.60. The molecule has 154 valence electrons. The first-order valence-electron chi connectivity index (χ1n) is 9.17. The number of rotatable bonds is 5. The van der Waals surface area contributed by atoms with Crippen molar-refractivity contribution in [2.24, 2.45) is 5.73 Å². The highest BCUT2D eigenvalue weighted by Gasteiger charge is 2.34. The number of carbonyl (C=O) groups excluding carboxylic acids is 2. The summed E-state index contributed by atoms with van der Waals surface area (Å²) in [5.74, 6) is 4.47. The third-order valence-electron chi connectivity index (χ3n) is 4.81. The van der Waals surface area contributed by atoms with Crippen LogP contribution in [-0.4, -0.2) is 70.3 Å². The minimum atomic E-state index is -1.71. The van der Waals surface area contributed by atoms with Gasteiger partial charge in [-0.25, -0.2) is 9.78 Å². The Morgan fingerprint density at radius 1 is 1.29 bits per heavy atom. The Hall–Kier alpha value is -2.57. The molecule has 1 aromatic heterocycles. The Morgan fingerprint density at radius 3 is 2.36 bits per heavy atom. The van der Waals surface area contributed by atoms with Crippen LogP contribution in [0.15, 0.2) is 0 Å². The number of ether oxygens (including phenoxy) is 1. The zero-order chi connectivity index (χ0) is 21.1. The Labute approximate surface area is 165 Å². The van der Waals surface area contributed by atoms with Crippen molar-refractivity contribution in [2.75, 3.05) is 38.2 Å². The number of methoxy groups -OCH3 is 1. The van der Waals surface area contributed by atoms with Crippen LogP contribution in [0, 0.1) is 11.8 Å². The van der Waals surface area contributed by atoms with E-state index in [-0.39, 0.29) is 23.5 Å². The van der Waals surface area contributed by atoms with E-state index in [1.54, 1.807) is 11.5 Å². The molecule has 1 fully saturated rings. The van der Waals surface area contributed by atoms with E-state index < -0.39 is 18.0 Å². The number of anilines is 1. The third-order valence-corrected chi connectivity index (χ3v) is 4.81. The summed E-state index contributed by atoms with van der Waals surface area (Å²) in [5, 5.41) is 10.2. The first kappa shape index (κ1) is 21.7. The van der Waals surface area contributed by atoms with Crippen molar-refractivity contribution < 1.29 is 19.4 Å². The number of hydrogen-bond acceptors (Lipinski definition) is 7. The number of nitrogens with zero attached hydrogens (tertiary/aromatic N) is 4. The lowest BCUT2D eigenvalue weighted by Crippen LogP contribution is -2.54. The van der Waals surface area contributed by atoms with Gasteiger partial charge in [0.1, 0.15) is 5.69 Å². The van der Waals surface area contributed by atoms with Crippen LogP contribution < -0.4 is 10.6 Å². The van der Waals surface area contributed by atoms with E-state index >= 15 is 0 Å². The van der Waals surface area contributed by atoms with Crippen LogP contribution in [-0.2, 0) is 16.1 Å². The lowest BCUT2D eigenvalue weighted by Gasteiger charge is -2.42. The number of hydrogen-bond donors (Lipinski definition) is 2. The average molecular weight is 391 g/mol. The molecule has 0 spiro atoms. The molecule has 28 heavy (non-hydrogen) atoms. The molecule has 2 rings (SSSR count). The average Bonchev–Trinajstić information content (AvgIpc) is 3.03. The molecule has 3 N–H and O–H groups in total. The summed E-state index contributed by atoms with van der Waals surface area (Å²) in [7, 11) is 1.23. The zero-order valence-corrected chi connectivity index (χ0v) is 17.2. The van der Waals surface area contributed by atoms with Crippen LogP contribution in [0.3, 0.4) is 0 Å². The molecule has 9 nitrogen and oxygen atoms in total. The number of aromatic nitrogens is 2. The number of piperazine rings is 1. The van der Waals surface area contributed by atoms with E-state index in [0.717, 1.165) is 13.1 Å². The van der Waals surface area contributed by atoms with Crippen molar-refractivity contribution in [1.82, 2.24) is 14.5 Å². The van der Waals surface area contributed by atoms with Gasteiger partial charge in [0.05, 0.1) is 13.7 Å². The highest BCUT2D eigenvalue weighted by molar-refractivity contribution is 5.92. The molecule has 1 saturated heterocycles. The summed E-state index contributed by atoms with van der Waals surface area (Å²) in [5.41, 5.74) is 5.18. The molecule has 1 aliphatic rings. The number of imidazole rings is 1. The van der Waals surface area contributed by atoms with Gasteiger partial charge in [-0.15, -0.1) is 5.92 Å². The summed E-state index contributed by atoms with van der Waals surface area (Å²) in [6.45, 7) is 11.4. The van der Waals surface area contributed by atoms with Crippen LogP contribution in [0.25, 0.3) is 0 Å². The fourth-order valence-electron chi connectivity index (χ4n) is 3.22. The van der Waals surface area contributed by atoms with Gasteiger partial charge in [0.25, 0.3) is 5.91 Å². The zero-order valence-electron chi connectivity index (χ0n) is 17.2. The first-order valence-corrected chi connectivity index (χ1v) is 9.17. The van der Waals surface area contributed by atoms with Crippen molar-refractivity contribution in [2.45, 2.75) is 45.9 Å². The van der Waals surface area contributed by atoms with Gasteiger partial charge in [0, 0.05) is 31.7 Å². The smallest absolute Gasteiger partial charge is 0.356 e. The minimum absolute atomic E-state index is 0.00944. The van der Waals surface area contributed by atoms with Crippen LogP contribution in [0.5, 0.6) is 0 Å². The van der Waals surface area contributed by atoms with Crippen LogP contribution >= 0.6 is 0 Å². The normalized spacial score (nSPS) is 16.3. The van der Waals surface area contributed by atoms with Gasteiger partial charge >= 0.3 is 5.97 Å². The van der Waals surface area contributed by atoms with Gasteiger partial charge < -0.3 is 20.5 Å². The predicted octanol–water partition coefficient (Wildman–Crippen LogP) is 0.132. The first-order chi connectivity index (χ1) is 13.1. The largest absolute Gasteiger partial charge is 0.464 e. The number of carbonyl (C=O) groups is 2. The van der Waals surface area contributed by atoms with Crippen molar-refractivity contribution in [1.29, 1.82) is 0 Å². The van der Waals surface area contributed by atoms with Crippen molar-refractivity contribution in [3.05, 3.63) is 11.4 Å². The molecule has 0 saturated carbocycles. The molecular formula is C19H29N5O4. The molecule has 1 amide bonds. The molecule has 1 unspecified atom stereocenters. The van der Waals surface area contributed by atoms with E-state index in [4.69, 9.17) is 10.5 Å². The molecule has 1 atom stereocenters. The van der Waals surface area contributed by atoms with Crippen LogP contribution in [0.2, 0.25) is 0 Å². The van der Waals surface area contributed by atoms with Crippen LogP contribution in [0.4, 0.5) is 5.95 Å². The number of amides is 1. The molecule has 1 aliphatic heterocycles. The number of aliphatic hydroxyl groups excluding tert-OH is 1. The fourth-order valence-corrected chi connectivity index (χ4v) is 3.22. The topological polar surface area (TPSA) is 114 Å². The van der Waals surface area contributed by atoms with Gasteiger partial charge in [-0.1, -0.05) is 5.92 Å². The van der Waals surface area contributed by atoms with Gasteiger partial charge in [-0.05, 0) is 27.7 Å². The number of primary amides is 1. The Kier molecular flexibility index (Phi) is 6.69. The Balaban J connectivity index is 2.49. The maximum Gasteiger partial charge on any atom is 0.356 e. The van der Waals surface area contributed by atoms with Crippen molar-refractivity contribution in [3.8, 4) is 11.8 Å². The fraction of sp³-hybridized carbons (Fsp3) is 0.632. The Bertz CT molecular complexity index is 792. The Morgan fingerprint density at radius 2 is 1.89 bits per heavy atom. The van der Waals surface area contributed by atoms with Crippen molar-refractivity contribution in [3.63, 3.8) is 0 Å². The van der Waals surface area contributed by atoms with Gasteiger partial charge in [-0.2, -0.15) is 0 Å². The number of nitrogens with two attached hydrogens (primary N) is 1. The van der Waals surface area contributed by atoms with Crippen LogP contribution in [0.1, 0.15) is 50.0 Å². The van der Waals surface area contributed by atoms with Gasteiger partial charge in [-0.3, -0.25) is 14.3 Å². The molecule has 9 heteroatoms. The second kappa shape index (κ2) is 8.63. The monoisotopic (exact) mass is 391 g/mol. The molecule has 0 bridgehead atoms. The molecule has 0 radical (unpaired) electrons. The van der Waals surface area contributed by atoms with Gasteiger partial charge in [0.15, 0.2) is 11.8 Å². The lowest BCUT2D eigenvalue weighted by molar-refractivity contribution is -0.126. The standard InChI is InChI=1S/C19H29N5O4/c1-6-7-8-24-14(17(27)28-5)13(15(25)16(20)26)21-18(24)22-9-11-23(12-10-22)19(2,3)4/h15,25H,8-12H2,1-5H3,(H2,20,26). The number of esters is 1. The maximum atomic E-state index is 12.4. The number of aliphatic hydroxyl groups is 1. The highest BCUT2D eigenvalue weighted by atomic mass is 16.5. The van der Waals surface area contributed by atoms with E-state index in [9.17, 15) is 14.7 Å². The second-order valence-electron chi connectivity index (χ2n) is 7.60. The third kappa shape index (κ3) is 4.46. The molecule has 0 aromatic carbocycles. The summed E-state index contributed by atoms with van der Waals surface area (Å²) >= 11 is 0. The molecule has 2 heterocycles. The maximum absolute atomic E-state index is 12.4. The summed E-state index contributed by atoms with van der Waals surface area (Å²) in [6.07, 6.45) is -1.71. The van der Waals surface area contributed by atoms with E-state index in [2.05, 4.69) is 42.5 Å². The predicted molar refractivity (Wildman–Crippen MR) is 105 cm³/mol. The molecule has 0 aliphatic carbocycles. The van der Waals surface area contributed by atoms with E-state index in [1.165, 1.54) is 7.11 Å². The quantitative estimate of drug-likeness (QED) is 0.542. The van der Waals surface area contributed by atoms with E-state index in [1.807, 2.05) is 4.90 Å². The van der Waals surface area contributed by atoms with Gasteiger partial charge in [0.2, 0.25) is 5.95 Å².